The highest BCUT2D eigenvalue weighted by Crippen LogP contribution is 2.47. The van der Waals surface area contributed by atoms with Crippen molar-refractivity contribution < 1.29 is 9.47 Å². The van der Waals surface area contributed by atoms with E-state index in [4.69, 9.17) is 9.47 Å². The summed E-state index contributed by atoms with van der Waals surface area (Å²) in [7, 11) is 3.29. The number of fused-ring (bicyclic) bond motifs is 3. The number of nitriles is 1. The molecule has 2 aliphatic heterocycles. The van der Waals surface area contributed by atoms with Gasteiger partial charge in [-0.1, -0.05) is 19.9 Å². The quantitative estimate of drug-likeness (QED) is 0.835. The van der Waals surface area contributed by atoms with Crippen LogP contribution in [0, 0.1) is 16.7 Å². The summed E-state index contributed by atoms with van der Waals surface area (Å²) >= 11 is 0. The van der Waals surface area contributed by atoms with Crippen molar-refractivity contribution in [2.24, 2.45) is 5.41 Å². The number of rotatable bonds is 2. The minimum atomic E-state index is -0.271. The van der Waals surface area contributed by atoms with Crippen LogP contribution in [0.25, 0.3) is 5.70 Å². The second kappa shape index (κ2) is 5.34. The molecule has 0 bridgehead atoms. The van der Waals surface area contributed by atoms with E-state index in [1.807, 2.05) is 12.1 Å². The number of hydrogen-bond acceptors (Lipinski definition) is 4. The van der Waals surface area contributed by atoms with Crippen LogP contribution in [-0.2, 0) is 6.42 Å². The third kappa shape index (κ3) is 2.28. The summed E-state index contributed by atoms with van der Waals surface area (Å²) < 4.78 is 10.9. The monoisotopic (exact) mass is 310 g/mol. The van der Waals surface area contributed by atoms with Gasteiger partial charge < -0.3 is 14.4 Å². The number of benzene rings is 1. The molecular weight excluding hydrogens is 288 g/mol. The second-order valence-electron chi connectivity index (χ2n) is 6.61. The van der Waals surface area contributed by atoms with E-state index in [-0.39, 0.29) is 5.41 Å². The lowest BCUT2D eigenvalue weighted by Gasteiger charge is -2.41. The van der Waals surface area contributed by atoms with Gasteiger partial charge in [0.2, 0.25) is 0 Å². The van der Waals surface area contributed by atoms with E-state index in [0.717, 1.165) is 35.5 Å². The first kappa shape index (κ1) is 15.5. The third-order valence-electron chi connectivity index (χ3n) is 4.73. The van der Waals surface area contributed by atoms with E-state index in [0.29, 0.717) is 5.75 Å². The topological polar surface area (TPSA) is 45.5 Å². The van der Waals surface area contributed by atoms with E-state index in [1.165, 1.54) is 11.3 Å². The molecule has 1 aromatic carbocycles. The molecule has 0 N–H and O–H groups in total. The minimum Gasteiger partial charge on any atom is -0.493 e. The molecule has 0 spiro atoms. The highest BCUT2D eigenvalue weighted by atomic mass is 16.5. The van der Waals surface area contributed by atoms with Crippen LogP contribution in [0.1, 0.15) is 31.9 Å². The van der Waals surface area contributed by atoms with Crippen LogP contribution < -0.4 is 9.47 Å². The van der Waals surface area contributed by atoms with Crippen molar-refractivity contribution >= 4 is 5.70 Å². The highest BCUT2D eigenvalue weighted by Gasteiger charge is 2.36. The van der Waals surface area contributed by atoms with E-state index < -0.39 is 0 Å². The summed E-state index contributed by atoms with van der Waals surface area (Å²) in [5.74, 6) is 1.43. The summed E-state index contributed by atoms with van der Waals surface area (Å²) in [6.45, 7) is 7.17. The SMILES string of the molecule is COc1cc2c(cc1OC)C1=C(C#N)C(C)(C)C=C(C)N1CC2. The first-order valence-corrected chi connectivity index (χ1v) is 7.80. The number of methoxy groups -OCH3 is 2. The van der Waals surface area contributed by atoms with Crippen LogP contribution in [0.5, 0.6) is 11.5 Å². The van der Waals surface area contributed by atoms with Gasteiger partial charge in [-0.15, -0.1) is 0 Å². The molecule has 4 heteroatoms. The molecular formula is C19H22N2O2. The summed E-state index contributed by atoms with van der Waals surface area (Å²) in [5, 5.41) is 9.78. The van der Waals surface area contributed by atoms with Gasteiger partial charge in [0, 0.05) is 23.2 Å². The molecule has 3 rings (SSSR count). The molecule has 0 saturated carbocycles. The summed E-state index contributed by atoms with van der Waals surface area (Å²) in [4.78, 5) is 2.25. The van der Waals surface area contributed by atoms with Crippen LogP contribution in [0.3, 0.4) is 0 Å². The van der Waals surface area contributed by atoms with Crippen LogP contribution in [0.15, 0.2) is 29.5 Å². The highest BCUT2D eigenvalue weighted by molar-refractivity contribution is 5.79. The fraction of sp³-hybridized carbons (Fsp3) is 0.421. The zero-order chi connectivity index (χ0) is 16.8. The molecule has 0 unspecified atom stereocenters. The van der Waals surface area contributed by atoms with Crippen molar-refractivity contribution in [3.63, 3.8) is 0 Å². The molecule has 23 heavy (non-hydrogen) atoms. The van der Waals surface area contributed by atoms with Gasteiger partial charge in [0.25, 0.3) is 0 Å². The second-order valence-corrected chi connectivity index (χ2v) is 6.61. The smallest absolute Gasteiger partial charge is 0.161 e. The average molecular weight is 310 g/mol. The molecule has 0 atom stereocenters. The van der Waals surface area contributed by atoms with Crippen LogP contribution in [0.4, 0.5) is 0 Å². The lowest BCUT2D eigenvalue weighted by atomic mass is 9.77. The molecule has 0 amide bonds. The summed E-state index contributed by atoms with van der Waals surface area (Å²) in [6.07, 6.45) is 3.10. The number of nitrogens with zero attached hydrogens (tertiary/aromatic N) is 2. The van der Waals surface area contributed by atoms with Crippen molar-refractivity contribution in [1.82, 2.24) is 4.90 Å². The molecule has 2 aliphatic rings. The van der Waals surface area contributed by atoms with E-state index >= 15 is 0 Å². The van der Waals surface area contributed by atoms with Gasteiger partial charge in [0.1, 0.15) is 0 Å². The summed E-state index contributed by atoms with van der Waals surface area (Å²) in [5.41, 5.74) is 5.02. The zero-order valence-electron chi connectivity index (χ0n) is 14.4. The molecule has 0 saturated heterocycles. The van der Waals surface area contributed by atoms with Crippen molar-refractivity contribution in [1.29, 1.82) is 5.26 Å². The fourth-order valence-electron chi connectivity index (χ4n) is 3.63. The van der Waals surface area contributed by atoms with E-state index in [1.54, 1.807) is 14.2 Å². The van der Waals surface area contributed by atoms with Crippen LogP contribution in [0.2, 0.25) is 0 Å². The Bertz CT molecular complexity index is 766. The number of allylic oxidation sites excluding steroid dienone is 3. The molecule has 0 aromatic heterocycles. The molecule has 0 radical (unpaired) electrons. The van der Waals surface area contributed by atoms with Gasteiger partial charge in [-0.05, 0) is 31.0 Å². The Hall–Kier alpha value is -2.41. The van der Waals surface area contributed by atoms with Gasteiger partial charge in [0.05, 0.1) is 31.6 Å². The van der Waals surface area contributed by atoms with E-state index in [2.05, 4.69) is 37.8 Å². The lowest BCUT2D eigenvalue weighted by molar-refractivity contribution is 0.353. The molecule has 0 fully saturated rings. The molecule has 1 aromatic rings. The maximum Gasteiger partial charge on any atom is 0.161 e. The van der Waals surface area contributed by atoms with E-state index in [9.17, 15) is 5.26 Å². The Morgan fingerprint density at radius 2 is 1.83 bits per heavy atom. The maximum atomic E-state index is 9.78. The summed E-state index contributed by atoms with van der Waals surface area (Å²) in [6, 6.07) is 6.48. The average Bonchev–Trinajstić information content (AvgIpc) is 2.52. The maximum absolute atomic E-state index is 9.78. The Balaban J connectivity index is 2.29. The third-order valence-corrected chi connectivity index (χ3v) is 4.73. The number of hydrogen-bond donors (Lipinski definition) is 0. The largest absolute Gasteiger partial charge is 0.493 e. The lowest BCUT2D eigenvalue weighted by Crippen LogP contribution is -2.35. The fourth-order valence-corrected chi connectivity index (χ4v) is 3.63. The van der Waals surface area contributed by atoms with Gasteiger partial charge >= 0.3 is 0 Å². The Kier molecular flexibility index (Phi) is 3.60. The standard InChI is InChI=1S/C19H22N2O2/c1-12-10-19(2,3)15(11-20)18-14-9-17(23-5)16(22-4)8-13(14)6-7-21(12)18/h8-10H,6-7H2,1-5H3. The van der Waals surface area contributed by atoms with Gasteiger partial charge in [-0.25, -0.2) is 0 Å². The molecule has 2 heterocycles. The first-order valence-electron chi connectivity index (χ1n) is 7.80. The Labute approximate surface area is 137 Å². The predicted octanol–water partition coefficient (Wildman–Crippen LogP) is 3.74. The Morgan fingerprint density at radius 3 is 2.43 bits per heavy atom. The molecule has 0 aliphatic carbocycles. The van der Waals surface area contributed by atoms with Crippen LogP contribution in [-0.4, -0.2) is 25.7 Å². The Morgan fingerprint density at radius 1 is 1.17 bits per heavy atom. The van der Waals surface area contributed by atoms with Gasteiger partial charge in [-0.2, -0.15) is 5.26 Å². The van der Waals surface area contributed by atoms with Crippen molar-refractivity contribution in [2.45, 2.75) is 27.2 Å². The van der Waals surface area contributed by atoms with Crippen molar-refractivity contribution in [3.05, 3.63) is 40.6 Å². The molecule has 120 valence electrons. The van der Waals surface area contributed by atoms with Crippen LogP contribution >= 0.6 is 0 Å². The predicted molar refractivity (Wildman–Crippen MR) is 90.0 cm³/mol. The first-order chi connectivity index (χ1) is 10.9. The van der Waals surface area contributed by atoms with Gasteiger partial charge in [0.15, 0.2) is 11.5 Å². The van der Waals surface area contributed by atoms with Crippen molar-refractivity contribution in [3.8, 4) is 17.6 Å². The zero-order valence-corrected chi connectivity index (χ0v) is 14.4. The van der Waals surface area contributed by atoms with Gasteiger partial charge in [-0.3, -0.25) is 0 Å². The molecule has 4 nitrogen and oxygen atoms in total. The normalized spacial score (nSPS) is 18.6. The number of ether oxygens (including phenoxy) is 2. The minimum absolute atomic E-state index is 0.271. The van der Waals surface area contributed by atoms with Crippen molar-refractivity contribution in [2.75, 3.05) is 20.8 Å².